The van der Waals surface area contributed by atoms with E-state index in [-0.39, 0.29) is 5.91 Å². The van der Waals surface area contributed by atoms with Crippen molar-refractivity contribution >= 4 is 17.5 Å². The normalized spacial score (nSPS) is 10.5. The maximum Gasteiger partial charge on any atom is 0.251 e. The van der Waals surface area contributed by atoms with Crippen LogP contribution in [0.4, 0.5) is 0 Å². The number of benzene rings is 1. The summed E-state index contributed by atoms with van der Waals surface area (Å²) in [4.78, 5) is 15.8. The fourth-order valence-corrected chi connectivity index (χ4v) is 2.22. The van der Waals surface area contributed by atoms with E-state index in [1.54, 1.807) is 36.7 Å². The summed E-state index contributed by atoms with van der Waals surface area (Å²) in [5, 5.41) is 7.53. The molecular formula is C17H14ClN3O2. The zero-order chi connectivity index (χ0) is 16.1. The van der Waals surface area contributed by atoms with Crippen LogP contribution in [0.1, 0.15) is 16.1 Å². The third kappa shape index (κ3) is 3.96. The first-order chi connectivity index (χ1) is 11.2. The molecule has 0 radical (unpaired) electrons. The summed E-state index contributed by atoms with van der Waals surface area (Å²) in [6, 6.07) is 12.5. The number of hydrogen-bond donors (Lipinski definition) is 1. The van der Waals surface area contributed by atoms with Crippen LogP contribution in [0.25, 0.3) is 11.3 Å². The predicted molar refractivity (Wildman–Crippen MR) is 87.2 cm³/mol. The number of amides is 1. The molecule has 116 valence electrons. The zero-order valence-corrected chi connectivity index (χ0v) is 13.0. The summed E-state index contributed by atoms with van der Waals surface area (Å²) in [5.41, 5.74) is 2.28. The third-order valence-electron chi connectivity index (χ3n) is 3.30. The monoisotopic (exact) mass is 327 g/mol. The Morgan fingerprint density at radius 2 is 1.87 bits per heavy atom. The molecule has 0 aliphatic heterocycles. The lowest BCUT2D eigenvalue weighted by Crippen LogP contribution is -2.25. The molecule has 0 unspecified atom stereocenters. The van der Waals surface area contributed by atoms with Gasteiger partial charge in [-0.1, -0.05) is 16.8 Å². The summed E-state index contributed by atoms with van der Waals surface area (Å²) in [6.45, 7) is 0.480. The molecule has 0 aliphatic rings. The standard InChI is InChI=1S/C17H14ClN3O2/c18-14-3-1-12(2-4-14)16-11-15(21-23-16)7-10-20-17(22)13-5-8-19-9-6-13/h1-6,8-9,11H,7,10H2,(H,20,22). The number of aromatic nitrogens is 2. The van der Waals surface area contributed by atoms with Crippen LogP contribution in [0, 0.1) is 0 Å². The second-order valence-electron chi connectivity index (χ2n) is 4.93. The van der Waals surface area contributed by atoms with Gasteiger partial charge in [-0.2, -0.15) is 0 Å². The van der Waals surface area contributed by atoms with Crippen molar-refractivity contribution in [2.45, 2.75) is 6.42 Å². The molecule has 1 N–H and O–H groups in total. The van der Waals surface area contributed by atoms with Crippen molar-refractivity contribution in [2.24, 2.45) is 0 Å². The van der Waals surface area contributed by atoms with E-state index in [4.69, 9.17) is 16.1 Å². The lowest BCUT2D eigenvalue weighted by atomic mass is 10.1. The lowest BCUT2D eigenvalue weighted by Gasteiger charge is -2.02. The Kier molecular flexibility index (Phi) is 4.68. The van der Waals surface area contributed by atoms with Crippen molar-refractivity contribution in [3.8, 4) is 11.3 Å². The quantitative estimate of drug-likeness (QED) is 0.780. The molecule has 0 aliphatic carbocycles. The van der Waals surface area contributed by atoms with Crippen LogP contribution in [0.2, 0.25) is 5.02 Å². The highest BCUT2D eigenvalue weighted by molar-refractivity contribution is 6.30. The number of rotatable bonds is 5. The van der Waals surface area contributed by atoms with E-state index >= 15 is 0 Å². The molecular weight excluding hydrogens is 314 g/mol. The molecule has 6 heteroatoms. The molecule has 5 nitrogen and oxygen atoms in total. The highest BCUT2D eigenvalue weighted by atomic mass is 35.5. The molecule has 0 atom stereocenters. The number of halogens is 1. The minimum Gasteiger partial charge on any atom is -0.356 e. The summed E-state index contributed by atoms with van der Waals surface area (Å²) in [6.07, 6.45) is 3.77. The SMILES string of the molecule is O=C(NCCc1cc(-c2ccc(Cl)cc2)on1)c1ccncc1. The summed E-state index contributed by atoms with van der Waals surface area (Å²) in [7, 11) is 0. The zero-order valence-electron chi connectivity index (χ0n) is 12.2. The van der Waals surface area contributed by atoms with Gasteiger partial charge in [0.1, 0.15) is 0 Å². The van der Waals surface area contributed by atoms with Gasteiger partial charge in [0.2, 0.25) is 0 Å². The molecule has 0 saturated carbocycles. The van der Waals surface area contributed by atoms with Gasteiger partial charge in [-0.25, -0.2) is 0 Å². The largest absolute Gasteiger partial charge is 0.356 e. The fraction of sp³-hybridized carbons (Fsp3) is 0.118. The third-order valence-corrected chi connectivity index (χ3v) is 3.55. The molecule has 3 rings (SSSR count). The van der Waals surface area contributed by atoms with Crippen LogP contribution in [-0.2, 0) is 6.42 Å². The van der Waals surface area contributed by atoms with E-state index in [0.29, 0.717) is 29.3 Å². The molecule has 0 saturated heterocycles. The van der Waals surface area contributed by atoms with Crippen molar-refractivity contribution < 1.29 is 9.32 Å². The van der Waals surface area contributed by atoms with E-state index < -0.39 is 0 Å². The molecule has 0 fully saturated rings. The van der Waals surface area contributed by atoms with Crippen molar-refractivity contribution in [3.05, 3.63) is 71.1 Å². The van der Waals surface area contributed by atoms with Gasteiger partial charge in [0.15, 0.2) is 5.76 Å². The second kappa shape index (κ2) is 7.07. The van der Waals surface area contributed by atoms with E-state index in [0.717, 1.165) is 11.3 Å². The van der Waals surface area contributed by atoms with Crippen LogP contribution >= 0.6 is 11.6 Å². The molecule has 2 heterocycles. The van der Waals surface area contributed by atoms with Crippen LogP contribution in [-0.4, -0.2) is 22.6 Å². The number of pyridine rings is 1. The van der Waals surface area contributed by atoms with Gasteiger partial charge < -0.3 is 9.84 Å². The Balaban J connectivity index is 1.55. The van der Waals surface area contributed by atoms with Crippen molar-refractivity contribution in [1.82, 2.24) is 15.5 Å². The van der Waals surface area contributed by atoms with E-state index in [1.807, 2.05) is 18.2 Å². The molecule has 3 aromatic rings. The Labute approximate surface area is 138 Å². The number of nitrogens with zero attached hydrogens (tertiary/aromatic N) is 2. The average molecular weight is 328 g/mol. The Hall–Kier alpha value is -2.66. The molecule has 1 amide bonds. The van der Waals surface area contributed by atoms with Crippen molar-refractivity contribution in [2.75, 3.05) is 6.54 Å². The molecule has 0 bridgehead atoms. The number of nitrogens with one attached hydrogen (secondary N) is 1. The van der Waals surface area contributed by atoms with Gasteiger partial charge in [0, 0.05) is 47.6 Å². The minimum absolute atomic E-state index is 0.131. The highest BCUT2D eigenvalue weighted by Crippen LogP contribution is 2.22. The van der Waals surface area contributed by atoms with Crippen molar-refractivity contribution in [1.29, 1.82) is 0 Å². The van der Waals surface area contributed by atoms with Gasteiger partial charge in [-0.15, -0.1) is 0 Å². The number of carbonyl (C=O) groups is 1. The number of carbonyl (C=O) groups excluding carboxylic acids is 1. The predicted octanol–water partition coefficient (Wildman–Crippen LogP) is 3.36. The second-order valence-corrected chi connectivity index (χ2v) is 5.37. The molecule has 0 spiro atoms. The first-order valence-corrected chi connectivity index (χ1v) is 7.50. The number of hydrogen-bond acceptors (Lipinski definition) is 4. The van der Waals surface area contributed by atoms with E-state index in [1.165, 1.54) is 0 Å². The van der Waals surface area contributed by atoms with E-state index in [9.17, 15) is 4.79 Å². The average Bonchev–Trinajstić information content (AvgIpc) is 3.05. The fourth-order valence-electron chi connectivity index (χ4n) is 2.09. The summed E-state index contributed by atoms with van der Waals surface area (Å²) in [5.74, 6) is 0.547. The van der Waals surface area contributed by atoms with Gasteiger partial charge in [0.05, 0.1) is 5.69 Å². The topological polar surface area (TPSA) is 68.0 Å². The van der Waals surface area contributed by atoms with Crippen molar-refractivity contribution in [3.63, 3.8) is 0 Å². The molecule has 1 aromatic carbocycles. The molecule has 23 heavy (non-hydrogen) atoms. The van der Waals surface area contributed by atoms with E-state index in [2.05, 4.69) is 15.5 Å². The minimum atomic E-state index is -0.131. The highest BCUT2D eigenvalue weighted by Gasteiger charge is 2.08. The van der Waals surface area contributed by atoms with Crippen LogP contribution < -0.4 is 5.32 Å². The summed E-state index contributed by atoms with van der Waals surface area (Å²) >= 11 is 5.86. The van der Waals surface area contributed by atoms with Gasteiger partial charge in [0.25, 0.3) is 5.91 Å². The Morgan fingerprint density at radius 1 is 1.13 bits per heavy atom. The summed E-state index contributed by atoms with van der Waals surface area (Å²) < 4.78 is 5.32. The maximum absolute atomic E-state index is 11.9. The van der Waals surface area contributed by atoms with Crippen LogP contribution in [0.3, 0.4) is 0 Å². The van der Waals surface area contributed by atoms with Gasteiger partial charge in [-0.05, 0) is 36.4 Å². The first kappa shape index (κ1) is 15.2. The maximum atomic E-state index is 11.9. The first-order valence-electron chi connectivity index (χ1n) is 7.12. The van der Waals surface area contributed by atoms with Crippen LogP contribution in [0.5, 0.6) is 0 Å². The smallest absolute Gasteiger partial charge is 0.251 e. The Bertz CT molecular complexity index is 785. The molecule has 2 aromatic heterocycles. The van der Waals surface area contributed by atoms with Gasteiger partial charge in [-0.3, -0.25) is 9.78 Å². The van der Waals surface area contributed by atoms with Crippen LogP contribution in [0.15, 0.2) is 59.4 Å². The van der Waals surface area contributed by atoms with Gasteiger partial charge >= 0.3 is 0 Å². The Morgan fingerprint density at radius 3 is 2.61 bits per heavy atom. The lowest BCUT2D eigenvalue weighted by molar-refractivity contribution is 0.0954.